The van der Waals surface area contributed by atoms with Crippen molar-refractivity contribution in [3.8, 4) is 12.3 Å². The van der Waals surface area contributed by atoms with Crippen molar-refractivity contribution in [3.05, 3.63) is 22.8 Å². The van der Waals surface area contributed by atoms with Gasteiger partial charge in [0.25, 0.3) is 0 Å². The van der Waals surface area contributed by atoms with Gasteiger partial charge in [0.1, 0.15) is 0 Å². The summed E-state index contributed by atoms with van der Waals surface area (Å²) in [5.74, 6) is 4.03. The smallest absolute Gasteiger partial charge is 0.156 e. The van der Waals surface area contributed by atoms with E-state index < -0.39 is 5.60 Å². The SMILES string of the molecule is C#CC1CC2=C(C)C3=CC(=O)CCC3CC2C2(O)CCC[C@]12C. The highest BCUT2D eigenvalue weighted by atomic mass is 16.3. The first-order chi connectivity index (χ1) is 10.9. The Labute approximate surface area is 139 Å². The maximum Gasteiger partial charge on any atom is 0.156 e. The van der Waals surface area contributed by atoms with E-state index in [1.165, 1.54) is 16.7 Å². The van der Waals surface area contributed by atoms with Crippen molar-refractivity contribution < 1.29 is 9.90 Å². The van der Waals surface area contributed by atoms with Crippen molar-refractivity contribution in [2.45, 2.75) is 64.4 Å². The molecule has 2 saturated carbocycles. The highest BCUT2D eigenvalue weighted by Crippen LogP contribution is 2.64. The zero-order valence-corrected chi connectivity index (χ0v) is 14.2. The summed E-state index contributed by atoms with van der Waals surface area (Å²) in [5, 5.41) is 11.7. The maximum absolute atomic E-state index is 11.9. The number of carbonyl (C=O) groups is 1. The van der Waals surface area contributed by atoms with Crippen molar-refractivity contribution in [1.29, 1.82) is 0 Å². The predicted octanol–water partition coefficient (Wildman–Crippen LogP) is 3.80. The van der Waals surface area contributed by atoms with E-state index in [2.05, 4.69) is 19.8 Å². The molecule has 0 aromatic rings. The fourth-order valence-electron chi connectivity index (χ4n) is 6.11. The minimum atomic E-state index is -0.661. The van der Waals surface area contributed by atoms with Gasteiger partial charge in [-0.3, -0.25) is 4.79 Å². The van der Waals surface area contributed by atoms with E-state index in [9.17, 15) is 9.90 Å². The minimum absolute atomic E-state index is 0.104. The molecule has 122 valence electrons. The summed E-state index contributed by atoms with van der Waals surface area (Å²) in [6, 6.07) is 0. The lowest BCUT2D eigenvalue weighted by Crippen LogP contribution is -2.57. The Morgan fingerprint density at radius 3 is 2.91 bits per heavy atom. The second kappa shape index (κ2) is 4.84. The first-order valence-electron chi connectivity index (χ1n) is 9.03. The molecule has 0 aromatic heterocycles. The second-order valence-corrected chi connectivity index (χ2v) is 8.36. The molecule has 0 radical (unpaired) electrons. The largest absolute Gasteiger partial charge is 0.389 e. The fourth-order valence-corrected chi connectivity index (χ4v) is 6.11. The van der Waals surface area contributed by atoms with E-state index in [-0.39, 0.29) is 23.0 Å². The Morgan fingerprint density at radius 2 is 2.17 bits per heavy atom. The molecule has 0 bridgehead atoms. The maximum atomic E-state index is 11.9. The number of allylic oxidation sites excluding steroid dienone is 3. The molecule has 2 nitrogen and oxygen atoms in total. The van der Waals surface area contributed by atoms with Gasteiger partial charge in [0.2, 0.25) is 0 Å². The fraction of sp³-hybridized carbons (Fsp3) is 0.667. The average Bonchev–Trinajstić information content (AvgIpc) is 2.84. The number of aliphatic hydroxyl groups is 1. The summed E-state index contributed by atoms with van der Waals surface area (Å²) in [6.07, 6.45) is 14.2. The highest BCUT2D eigenvalue weighted by molar-refractivity contribution is 5.92. The standard InChI is InChI=1S/C21H26O2/c1-4-15-11-18-13(2)17-12-16(22)7-6-14(17)10-19(18)21(23)9-5-8-20(15,21)3/h1,12,14-15,19,23H,5-11H2,2-3H3/t14?,15?,19?,20-,21?/m1/s1. The van der Waals surface area contributed by atoms with Gasteiger partial charge in [-0.1, -0.05) is 12.5 Å². The molecule has 0 aromatic carbocycles. The third kappa shape index (κ3) is 1.83. The normalized spacial score (nSPS) is 45.7. The van der Waals surface area contributed by atoms with Gasteiger partial charge < -0.3 is 5.11 Å². The van der Waals surface area contributed by atoms with E-state index in [0.717, 1.165) is 38.5 Å². The van der Waals surface area contributed by atoms with Crippen molar-refractivity contribution in [3.63, 3.8) is 0 Å². The van der Waals surface area contributed by atoms with Gasteiger partial charge in [0.15, 0.2) is 5.78 Å². The number of ketones is 1. The van der Waals surface area contributed by atoms with Crippen LogP contribution in [0.2, 0.25) is 0 Å². The average molecular weight is 310 g/mol. The van der Waals surface area contributed by atoms with Crippen LogP contribution in [-0.4, -0.2) is 16.5 Å². The number of fused-ring (bicyclic) bond motifs is 4. The van der Waals surface area contributed by atoms with Gasteiger partial charge in [0.05, 0.1) is 5.60 Å². The quantitative estimate of drug-likeness (QED) is 0.691. The Kier molecular flexibility index (Phi) is 3.20. The molecule has 2 heteroatoms. The van der Waals surface area contributed by atoms with E-state index in [4.69, 9.17) is 6.42 Å². The summed E-state index contributed by atoms with van der Waals surface area (Å²) in [7, 11) is 0. The summed E-state index contributed by atoms with van der Waals surface area (Å²) >= 11 is 0. The second-order valence-electron chi connectivity index (χ2n) is 8.36. The Bertz CT molecular complexity index is 676. The number of hydrogen-bond donors (Lipinski definition) is 1. The number of terminal acetylenes is 1. The molecule has 0 spiro atoms. The summed E-state index contributed by atoms with van der Waals surface area (Å²) < 4.78 is 0. The van der Waals surface area contributed by atoms with Crippen molar-refractivity contribution in [2.75, 3.05) is 0 Å². The van der Waals surface area contributed by atoms with Gasteiger partial charge in [-0.25, -0.2) is 0 Å². The van der Waals surface area contributed by atoms with Crippen LogP contribution < -0.4 is 0 Å². The van der Waals surface area contributed by atoms with Crippen LogP contribution in [0.15, 0.2) is 22.8 Å². The van der Waals surface area contributed by atoms with E-state index in [1.54, 1.807) is 0 Å². The highest BCUT2D eigenvalue weighted by Gasteiger charge is 2.63. The van der Waals surface area contributed by atoms with Gasteiger partial charge in [-0.05, 0) is 68.6 Å². The summed E-state index contributed by atoms with van der Waals surface area (Å²) in [6.45, 7) is 4.36. The van der Waals surface area contributed by atoms with Gasteiger partial charge in [-0.2, -0.15) is 0 Å². The minimum Gasteiger partial charge on any atom is -0.389 e. The van der Waals surface area contributed by atoms with Crippen LogP contribution in [-0.2, 0) is 4.79 Å². The summed E-state index contributed by atoms with van der Waals surface area (Å²) in [4.78, 5) is 11.9. The number of rotatable bonds is 0. The summed E-state index contributed by atoms with van der Waals surface area (Å²) in [5.41, 5.74) is 3.01. The van der Waals surface area contributed by atoms with Crippen molar-refractivity contribution in [2.24, 2.45) is 23.2 Å². The molecule has 1 N–H and O–H groups in total. The zero-order chi connectivity index (χ0) is 16.4. The van der Waals surface area contributed by atoms with Crippen LogP contribution in [0.5, 0.6) is 0 Å². The molecule has 4 unspecified atom stereocenters. The molecular formula is C21H26O2. The monoisotopic (exact) mass is 310 g/mol. The molecule has 5 atom stereocenters. The Balaban J connectivity index is 1.87. The van der Waals surface area contributed by atoms with Crippen LogP contribution in [0, 0.1) is 35.5 Å². The number of carbonyl (C=O) groups excluding carboxylic acids is 1. The third-order valence-electron chi connectivity index (χ3n) is 7.56. The molecule has 23 heavy (non-hydrogen) atoms. The Morgan fingerprint density at radius 1 is 1.39 bits per heavy atom. The molecule has 0 amide bonds. The molecule has 4 aliphatic carbocycles. The van der Waals surface area contributed by atoms with E-state index >= 15 is 0 Å². The first kappa shape index (κ1) is 15.2. The lowest BCUT2D eigenvalue weighted by atomic mass is 9.50. The first-order valence-corrected chi connectivity index (χ1v) is 9.03. The Hall–Kier alpha value is -1.33. The zero-order valence-electron chi connectivity index (χ0n) is 14.2. The van der Waals surface area contributed by atoms with Crippen LogP contribution in [0.4, 0.5) is 0 Å². The van der Waals surface area contributed by atoms with Crippen LogP contribution in [0.1, 0.15) is 58.8 Å². The van der Waals surface area contributed by atoms with Gasteiger partial charge in [0, 0.05) is 23.7 Å². The van der Waals surface area contributed by atoms with Crippen LogP contribution in [0.25, 0.3) is 0 Å². The molecular weight excluding hydrogens is 284 g/mol. The van der Waals surface area contributed by atoms with Crippen molar-refractivity contribution >= 4 is 5.78 Å². The molecule has 0 saturated heterocycles. The molecule has 2 fully saturated rings. The lowest BCUT2D eigenvalue weighted by Gasteiger charge is -2.56. The van der Waals surface area contributed by atoms with Gasteiger partial charge in [-0.15, -0.1) is 12.3 Å². The molecule has 0 aliphatic heterocycles. The van der Waals surface area contributed by atoms with Gasteiger partial charge >= 0.3 is 0 Å². The predicted molar refractivity (Wildman–Crippen MR) is 90.5 cm³/mol. The van der Waals surface area contributed by atoms with Crippen molar-refractivity contribution in [1.82, 2.24) is 0 Å². The molecule has 4 aliphatic rings. The molecule has 4 rings (SSSR count). The number of hydrogen-bond acceptors (Lipinski definition) is 2. The topological polar surface area (TPSA) is 37.3 Å². The third-order valence-corrected chi connectivity index (χ3v) is 7.56. The van der Waals surface area contributed by atoms with E-state index in [0.29, 0.717) is 12.3 Å². The van der Waals surface area contributed by atoms with Crippen LogP contribution in [0.3, 0.4) is 0 Å². The lowest BCUT2D eigenvalue weighted by molar-refractivity contribution is -0.128. The van der Waals surface area contributed by atoms with E-state index in [1.807, 2.05) is 6.08 Å². The van der Waals surface area contributed by atoms with Crippen LogP contribution >= 0.6 is 0 Å². The molecule has 0 heterocycles.